The molecule has 306 valence electrons. The molecule has 0 aliphatic carbocycles. The molecular weight excluding hydrogens is 743 g/mol. The number of nitrogens with one attached hydrogen (secondary N) is 3. The molecule has 3 aliphatic heterocycles. The van der Waals surface area contributed by atoms with Gasteiger partial charge in [0.15, 0.2) is 0 Å². The molecule has 0 spiro atoms. The first-order valence-corrected chi connectivity index (χ1v) is 19.7. The number of alkyl carbamates (subject to hydrolysis) is 1. The summed E-state index contributed by atoms with van der Waals surface area (Å²) >= 11 is 0. The van der Waals surface area contributed by atoms with Crippen LogP contribution in [-0.2, 0) is 31.2 Å². The van der Waals surface area contributed by atoms with Crippen molar-refractivity contribution in [1.29, 1.82) is 0 Å². The smallest absolute Gasteiger partial charge is 0.408 e. The number of amides is 3. The number of benzene rings is 3. The summed E-state index contributed by atoms with van der Waals surface area (Å²) in [5.41, 5.74) is 5.09. The predicted octanol–water partition coefficient (Wildman–Crippen LogP) is 6.98. The highest BCUT2D eigenvalue weighted by molar-refractivity contribution is 6.07. The second-order valence-corrected chi connectivity index (χ2v) is 16.7. The quantitative estimate of drug-likeness (QED) is 0.122. The summed E-state index contributed by atoms with van der Waals surface area (Å²) in [6.45, 7) is 9.68. The van der Waals surface area contributed by atoms with Crippen LogP contribution < -0.4 is 10.1 Å². The molecule has 15 nitrogen and oxygen atoms in total. The van der Waals surface area contributed by atoms with E-state index in [1.807, 2.05) is 6.07 Å². The van der Waals surface area contributed by atoms with Crippen LogP contribution in [-0.4, -0.2) is 106 Å². The number of imidazole rings is 2. The number of likely N-dealkylation sites (tertiary alicyclic amines) is 2. The Balaban J connectivity index is 1.08. The Labute approximate surface area is 336 Å². The molecule has 0 saturated carbocycles. The van der Waals surface area contributed by atoms with Gasteiger partial charge in [-0.25, -0.2) is 19.6 Å². The Kier molecular flexibility index (Phi) is 10.1. The van der Waals surface area contributed by atoms with E-state index >= 15 is 0 Å². The molecule has 3 aromatic carbocycles. The Morgan fingerprint density at radius 3 is 2.62 bits per heavy atom. The Morgan fingerprint density at radius 2 is 1.90 bits per heavy atom. The monoisotopic (exact) mass is 793 g/mol. The van der Waals surface area contributed by atoms with Gasteiger partial charge < -0.3 is 44.2 Å². The summed E-state index contributed by atoms with van der Waals surface area (Å²) in [7, 11) is 4.41. The lowest BCUT2D eigenvalue weighted by atomic mass is 9.70. The number of aromatic nitrogens is 4. The number of nitrogens with zero attached hydrogens (tertiary/aromatic N) is 4. The van der Waals surface area contributed by atoms with Crippen LogP contribution in [0, 0.1) is 11.3 Å². The van der Waals surface area contributed by atoms with Crippen molar-refractivity contribution in [3.05, 3.63) is 65.9 Å². The van der Waals surface area contributed by atoms with E-state index in [0.717, 1.165) is 68.3 Å². The second-order valence-electron chi connectivity index (χ2n) is 16.7. The number of carbonyl (C=O) groups is 3. The van der Waals surface area contributed by atoms with Crippen molar-refractivity contribution in [3.63, 3.8) is 0 Å². The molecule has 0 radical (unpaired) electrons. The number of hydrogen-bond acceptors (Lipinski definition) is 9. The van der Waals surface area contributed by atoms with Gasteiger partial charge in [0.1, 0.15) is 35.6 Å². The summed E-state index contributed by atoms with van der Waals surface area (Å²) in [5, 5.41) is 15.0. The fraction of sp³-hybridized carbons (Fsp3) is 0.465. The SMILES string of the molecule is COC[C@@H]1CN(C(=O)O)[C@](c2nc3ccc4cc5c(cc4c3[nH]2)OCc2cc(-c3cnc([C@@H]4CCCN4C(=O)[C@@H](NC(=O)OC)[C@@H](C)OC)[nH]3)ccc2-5)(C(C)(C)C)C1. The minimum absolute atomic E-state index is 0.0384. The highest BCUT2D eigenvalue weighted by Gasteiger charge is 2.58. The highest BCUT2D eigenvalue weighted by Crippen LogP contribution is 2.53. The van der Waals surface area contributed by atoms with Gasteiger partial charge in [-0.1, -0.05) is 39.0 Å². The molecule has 3 amide bonds. The van der Waals surface area contributed by atoms with E-state index in [0.29, 0.717) is 44.4 Å². The molecule has 0 unspecified atom stereocenters. The molecule has 5 aromatic rings. The number of ether oxygens (including phenoxy) is 4. The normalized spacial score (nSPS) is 21.4. The Hall–Kier alpha value is -5.67. The highest BCUT2D eigenvalue weighted by atomic mass is 16.5. The first-order chi connectivity index (χ1) is 27.8. The third-order valence-electron chi connectivity index (χ3n) is 12.4. The second kappa shape index (κ2) is 14.9. The molecule has 8 rings (SSSR count). The van der Waals surface area contributed by atoms with Gasteiger partial charge in [0.25, 0.3) is 0 Å². The topological polar surface area (TPSA) is 184 Å². The number of rotatable bonds is 9. The maximum Gasteiger partial charge on any atom is 0.408 e. The number of H-pyrrole nitrogens is 2. The van der Waals surface area contributed by atoms with Crippen LogP contribution in [0.2, 0.25) is 0 Å². The minimum atomic E-state index is -0.971. The summed E-state index contributed by atoms with van der Waals surface area (Å²) in [6.07, 6.45) is 1.67. The van der Waals surface area contributed by atoms with Gasteiger partial charge in [-0.05, 0) is 77.9 Å². The van der Waals surface area contributed by atoms with Crippen LogP contribution in [0.5, 0.6) is 5.75 Å². The number of methoxy groups -OCH3 is 3. The number of carboxylic acid groups (broad SMARTS) is 1. The van der Waals surface area contributed by atoms with Gasteiger partial charge in [-0.15, -0.1) is 0 Å². The molecule has 0 bridgehead atoms. The number of fused-ring (bicyclic) bond motifs is 6. The lowest BCUT2D eigenvalue weighted by Gasteiger charge is -2.45. The van der Waals surface area contributed by atoms with E-state index < -0.39 is 35.3 Å². The molecule has 2 saturated heterocycles. The zero-order valence-corrected chi connectivity index (χ0v) is 34.0. The lowest BCUT2D eigenvalue weighted by molar-refractivity contribution is -0.137. The van der Waals surface area contributed by atoms with Gasteiger partial charge in [0.2, 0.25) is 5.91 Å². The molecular formula is C43H51N7O8. The van der Waals surface area contributed by atoms with Gasteiger partial charge >= 0.3 is 12.2 Å². The van der Waals surface area contributed by atoms with Gasteiger partial charge in [-0.2, -0.15) is 0 Å². The van der Waals surface area contributed by atoms with E-state index in [-0.39, 0.29) is 17.9 Å². The predicted molar refractivity (Wildman–Crippen MR) is 216 cm³/mol. The zero-order chi connectivity index (χ0) is 41.1. The first-order valence-electron chi connectivity index (χ1n) is 19.7. The summed E-state index contributed by atoms with van der Waals surface area (Å²) in [5.74, 6) is 1.85. The molecule has 2 fully saturated rings. The summed E-state index contributed by atoms with van der Waals surface area (Å²) in [6, 6.07) is 13.3. The average Bonchev–Trinajstić information content (AvgIpc) is 4.03. The summed E-state index contributed by atoms with van der Waals surface area (Å²) in [4.78, 5) is 58.7. The van der Waals surface area contributed by atoms with Gasteiger partial charge in [-0.3, -0.25) is 9.69 Å². The fourth-order valence-corrected chi connectivity index (χ4v) is 9.39. The van der Waals surface area contributed by atoms with Crippen molar-refractivity contribution >= 4 is 39.9 Å². The fourth-order valence-electron chi connectivity index (χ4n) is 9.39. The van der Waals surface area contributed by atoms with Crippen molar-refractivity contribution in [2.45, 2.75) is 77.3 Å². The standard InChI is InChI=1S/C43H51N7O8/c1-23(56-6)35(48-40(52)57-7)38(51)49-14-8-9-33(49)37-44-19-32(45-37)26-10-12-28-27(15-26)22-58-34-17-29-25(16-30(28)34)11-13-31-36(29)47-39(46-31)43(42(2,3)4)18-24(21-55-5)20-50(43)41(53)54/h10-13,15-17,19,23-24,33,35H,8-9,14,18,20-22H2,1-7H3,(H,44,45)(H,46,47)(H,48,52)(H,53,54)/t23-,24+,33+,35+,43-/m1/s1. The molecule has 2 aromatic heterocycles. The van der Waals surface area contributed by atoms with E-state index in [1.54, 1.807) is 30.0 Å². The van der Waals surface area contributed by atoms with Crippen molar-refractivity contribution in [3.8, 4) is 28.1 Å². The third-order valence-corrected chi connectivity index (χ3v) is 12.4. The van der Waals surface area contributed by atoms with Crippen LogP contribution in [0.1, 0.15) is 70.2 Å². The van der Waals surface area contributed by atoms with Gasteiger partial charge in [0, 0.05) is 44.2 Å². The average molecular weight is 794 g/mol. The van der Waals surface area contributed by atoms with Crippen LogP contribution in [0.3, 0.4) is 0 Å². The molecule has 3 aliphatic rings. The Bertz CT molecular complexity index is 2400. The first kappa shape index (κ1) is 39.2. The van der Waals surface area contributed by atoms with Crippen molar-refractivity contribution in [2.75, 3.05) is 41.0 Å². The van der Waals surface area contributed by atoms with E-state index in [9.17, 15) is 19.5 Å². The number of carbonyl (C=O) groups excluding carboxylic acids is 2. The molecule has 4 N–H and O–H groups in total. The van der Waals surface area contributed by atoms with E-state index in [2.05, 4.69) is 72.5 Å². The van der Waals surface area contributed by atoms with E-state index in [4.69, 9.17) is 28.9 Å². The van der Waals surface area contributed by atoms with Crippen LogP contribution in [0.4, 0.5) is 9.59 Å². The van der Waals surface area contributed by atoms with E-state index in [1.165, 1.54) is 14.2 Å². The van der Waals surface area contributed by atoms with Crippen LogP contribution >= 0.6 is 0 Å². The maximum atomic E-state index is 13.7. The maximum absolute atomic E-state index is 13.7. The summed E-state index contributed by atoms with van der Waals surface area (Å²) < 4.78 is 22.1. The van der Waals surface area contributed by atoms with Crippen molar-refractivity contribution in [1.82, 2.24) is 35.1 Å². The third kappa shape index (κ3) is 6.49. The van der Waals surface area contributed by atoms with Crippen molar-refractivity contribution in [2.24, 2.45) is 11.3 Å². The largest absolute Gasteiger partial charge is 0.488 e. The van der Waals surface area contributed by atoms with Crippen molar-refractivity contribution < 1.29 is 38.4 Å². The number of aromatic amines is 2. The van der Waals surface area contributed by atoms with Crippen LogP contribution in [0.25, 0.3) is 44.2 Å². The number of hydrogen-bond donors (Lipinski definition) is 4. The molecule has 5 atom stereocenters. The zero-order valence-electron chi connectivity index (χ0n) is 34.0. The molecule has 15 heteroatoms. The van der Waals surface area contributed by atoms with Gasteiger partial charge in [0.05, 0.1) is 48.8 Å². The molecule has 58 heavy (non-hydrogen) atoms. The minimum Gasteiger partial charge on any atom is -0.488 e. The molecule has 5 heterocycles. The Morgan fingerprint density at radius 1 is 1.09 bits per heavy atom. The lowest BCUT2D eigenvalue weighted by Crippen LogP contribution is -2.54. The van der Waals surface area contributed by atoms with Crippen LogP contribution in [0.15, 0.2) is 48.7 Å².